The molecule has 0 saturated carbocycles. The van der Waals surface area contributed by atoms with E-state index in [4.69, 9.17) is 15.0 Å². The van der Waals surface area contributed by atoms with Gasteiger partial charge in [-0.05, 0) is 40.0 Å². The van der Waals surface area contributed by atoms with Crippen molar-refractivity contribution in [2.24, 2.45) is 11.1 Å². The fourth-order valence-corrected chi connectivity index (χ4v) is 1.75. The van der Waals surface area contributed by atoms with Gasteiger partial charge in [0.1, 0.15) is 6.10 Å². The summed E-state index contributed by atoms with van der Waals surface area (Å²) in [5.41, 5.74) is 5.25. The highest BCUT2D eigenvalue weighted by molar-refractivity contribution is 5.12. The number of ether oxygens (including phenoxy) is 1. The lowest BCUT2D eigenvalue weighted by Gasteiger charge is -2.35. The molecule has 2 N–H and O–H groups in total. The molecule has 0 aromatic carbocycles. The molecule has 1 aromatic rings. The van der Waals surface area contributed by atoms with E-state index >= 15 is 0 Å². The molecule has 0 aliphatic heterocycles. The van der Waals surface area contributed by atoms with E-state index in [1.165, 1.54) is 0 Å². The molecular formula is C15H29N3O2. The largest absolute Gasteiger partial charge is 0.370 e. The van der Waals surface area contributed by atoms with Crippen LogP contribution in [0.3, 0.4) is 0 Å². The summed E-state index contributed by atoms with van der Waals surface area (Å²) in [6.07, 6.45) is -0.193. The Morgan fingerprint density at radius 3 is 2.10 bits per heavy atom. The summed E-state index contributed by atoms with van der Waals surface area (Å²) in [5.74, 6) is 1.14. The monoisotopic (exact) mass is 283 g/mol. The minimum absolute atomic E-state index is 0.0977. The number of aromatic nitrogens is 2. The van der Waals surface area contributed by atoms with Crippen LogP contribution in [0.5, 0.6) is 0 Å². The molecule has 0 amide bonds. The van der Waals surface area contributed by atoms with Crippen LogP contribution in [0.25, 0.3) is 0 Å². The maximum absolute atomic E-state index is 6.22. The van der Waals surface area contributed by atoms with Crippen molar-refractivity contribution in [3.05, 3.63) is 11.7 Å². The second-order valence-corrected chi connectivity index (χ2v) is 7.51. The number of hydrogen-bond donors (Lipinski definition) is 1. The van der Waals surface area contributed by atoms with Crippen LogP contribution in [0.2, 0.25) is 0 Å². The molecule has 1 aromatic heterocycles. The third-order valence-electron chi connectivity index (χ3n) is 3.94. The normalized spacial score (nSPS) is 15.4. The van der Waals surface area contributed by atoms with Crippen molar-refractivity contribution in [3.8, 4) is 0 Å². The molecule has 1 rings (SSSR count). The molecule has 116 valence electrons. The highest BCUT2D eigenvalue weighted by atomic mass is 16.5. The number of hydrogen-bond acceptors (Lipinski definition) is 5. The van der Waals surface area contributed by atoms with E-state index < -0.39 is 11.0 Å². The van der Waals surface area contributed by atoms with Crippen LogP contribution in [-0.4, -0.2) is 22.3 Å². The average Bonchev–Trinajstić information content (AvgIpc) is 2.71. The molecule has 0 spiro atoms. The lowest BCUT2D eigenvalue weighted by atomic mass is 9.75. The van der Waals surface area contributed by atoms with E-state index in [0.717, 1.165) is 0 Å². The molecule has 0 aliphatic carbocycles. The van der Waals surface area contributed by atoms with Crippen molar-refractivity contribution >= 4 is 0 Å². The van der Waals surface area contributed by atoms with E-state index in [1.807, 2.05) is 34.6 Å². The van der Waals surface area contributed by atoms with Gasteiger partial charge in [-0.2, -0.15) is 4.98 Å². The number of nitrogens with zero attached hydrogens (tertiary/aromatic N) is 2. The summed E-state index contributed by atoms with van der Waals surface area (Å²) in [4.78, 5) is 4.55. The second kappa shape index (κ2) is 5.45. The zero-order chi connectivity index (χ0) is 15.8. The summed E-state index contributed by atoms with van der Waals surface area (Å²) >= 11 is 0. The minimum atomic E-state index is -0.459. The van der Waals surface area contributed by atoms with Gasteiger partial charge in [-0.3, -0.25) is 0 Å². The topological polar surface area (TPSA) is 74.2 Å². The third-order valence-corrected chi connectivity index (χ3v) is 3.94. The fourth-order valence-electron chi connectivity index (χ4n) is 1.75. The molecule has 1 heterocycles. The van der Waals surface area contributed by atoms with Crippen molar-refractivity contribution in [1.82, 2.24) is 10.1 Å². The van der Waals surface area contributed by atoms with Gasteiger partial charge in [0.05, 0.1) is 5.41 Å². The number of rotatable bonds is 5. The standard InChI is InChI=1S/C15H29N3O2/c1-9-19-10(13(2,3)4)11-17-12(20-18-11)14(5,6)15(7,8)16/h10H,9,16H2,1-8H3. The van der Waals surface area contributed by atoms with Crippen LogP contribution < -0.4 is 5.73 Å². The molecule has 20 heavy (non-hydrogen) atoms. The SMILES string of the molecule is CCOC(c1noc(C(C)(C)C(C)(C)N)n1)C(C)(C)C. The smallest absolute Gasteiger partial charge is 0.234 e. The maximum atomic E-state index is 6.22. The van der Waals surface area contributed by atoms with Gasteiger partial charge in [-0.25, -0.2) is 0 Å². The quantitative estimate of drug-likeness (QED) is 0.898. The zero-order valence-corrected chi connectivity index (χ0v) is 14.1. The molecule has 0 bridgehead atoms. The summed E-state index contributed by atoms with van der Waals surface area (Å²) in [6.45, 7) is 16.8. The van der Waals surface area contributed by atoms with Crippen LogP contribution in [0.15, 0.2) is 4.52 Å². The lowest BCUT2D eigenvalue weighted by Crippen LogP contribution is -2.50. The van der Waals surface area contributed by atoms with E-state index in [9.17, 15) is 0 Å². The Morgan fingerprint density at radius 2 is 1.70 bits per heavy atom. The Balaban J connectivity index is 3.14. The van der Waals surface area contributed by atoms with Gasteiger partial charge in [-0.15, -0.1) is 0 Å². The van der Waals surface area contributed by atoms with Crippen molar-refractivity contribution in [3.63, 3.8) is 0 Å². The van der Waals surface area contributed by atoms with Crippen molar-refractivity contribution in [2.45, 2.75) is 72.4 Å². The van der Waals surface area contributed by atoms with Gasteiger partial charge in [0.2, 0.25) is 11.7 Å². The number of nitrogens with two attached hydrogens (primary N) is 1. The predicted octanol–water partition coefficient (Wildman–Crippen LogP) is 3.21. The molecule has 0 aliphatic rings. The molecular weight excluding hydrogens is 254 g/mol. The Morgan fingerprint density at radius 1 is 1.15 bits per heavy atom. The zero-order valence-electron chi connectivity index (χ0n) is 14.1. The molecule has 5 heteroatoms. The van der Waals surface area contributed by atoms with Crippen LogP contribution in [0, 0.1) is 5.41 Å². The first-order chi connectivity index (χ1) is 8.91. The van der Waals surface area contributed by atoms with Gasteiger partial charge in [0, 0.05) is 12.1 Å². The molecule has 5 nitrogen and oxygen atoms in total. The fraction of sp³-hybridized carbons (Fsp3) is 0.867. The molecule has 1 unspecified atom stereocenters. The summed E-state index contributed by atoms with van der Waals surface area (Å²) < 4.78 is 11.2. The van der Waals surface area contributed by atoms with Crippen LogP contribution in [0.4, 0.5) is 0 Å². The van der Waals surface area contributed by atoms with Crippen LogP contribution >= 0.6 is 0 Å². The van der Waals surface area contributed by atoms with Gasteiger partial charge in [0.25, 0.3) is 0 Å². The lowest BCUT2D eigenvalue weighted by molar-refractivity contribution is -0.0203. The Bertz CT molecular complexity index is 439. The van der Waals surface area contributed by atoms with E-state index in [0.29, 0.717) is 18.3 Å². The highest BCUT2D eigenvalue weighted by Crippen LogP contribution is 2.37. The average molecular weight is 283 g/mol. The van der Waals surface area contributed by atoms with Gasteiger partial charge in [0.15, 0.2) is 0 Å². The second-order valence-electron chi connectivity index (χ2n) is 7.51. The highest BCUT2D eigenvalue weighted by Gasteiger charge is 2.41. The molecule has 0 fully saturated rings. The van der Waals surface area contributed by atoms with E-state index in [1.54, 1.807) is 0 Å². The summed E-state index contributed by atoms with van der Waals surface area (Å²) in [6, 6.07) is 0. The van der Waals surface area contributed by atoms with Crippen LogP contribution in [0.1, 0.15) is 73.2 Å². The molecule has 1 atom stereocenters. The Labute approximate surface area is 122 Å². The third kappa shape index (κ3) is 3.38. The summed E-state index contributed by atoms with van der Waals surface area (Å²) in [7, 11) is 0. The van der Waals surface area contributed by atoms with Gasteiger partial charge < -0.3 is 15.0 Å². The summed E-state index contributed by atoms with van der Waals surface area (Å²) in [5, 5.41) is 4.11. The minimum Gasteiger partial charge on any atom is -0.370 e. The van der Waals surface area contributed by atoms with E-state index in [-0.39, 0.29) is 11.5 Å². The first-order valence-corrected chi connectivity index (χ1v) is 7.16. The maximum Gasteiger partial charge on any atom is 0.234 e. The predicted molar refractivity (Wildman–Crippen MR) is 79.4 cm³/mol. The Hall–Kier alpha value is -0.940. The first kappa shape index (κ1) is 17.1. The Kier molecular flexibility index (Phi) is 4.66. The van der Waals surface area contributed by atoms with Gasteiger partial charge >= 0.3 is 0 Å². The molecule has 0 saturated heterocycles. The van der Waals surface area contributed by atoms with Crippen molar-refractivity contribution in [2.75, 3.05) is 6.61 Å². The van der Waals surface area contributed by atoms with Crippen LogP contribution in [-0.2, 0) is 10.2 Å². The van der Waals surface area contributed by atoms with Crippen molar-refractivity contribution < 1.29 is 9.26 Å². The van der Waals surface area contributed by atoms with Crippen molar-refractivity contribution in [1.29, 1.82) is 0 Å². The first-order valence-electron chi connectivity index (χ1n) is 7.16. The van der Waals surface area contributed by atoms with E-state index in [2.05, 4.69) is 30.9 Å². The molecule has 0 radical (unpaired) electrons. The van der Waals surface area contributed by atoms with Gasteiger partial charge in [-0.1, -0.05) is 25.9 Å².